The number of nitrogens with one attached hydrogen (secondary N) is 1. The van der Waals surface area contributed by atoms with Crippen LogP contribution >= 0.6 is 0 Å². The van der Waals surface area contributed by atoms with Crippen LogP contribution in [0.1, 0.15) is 27.7 Å². The molecule has 2 N–H and O–H groups in total. The minimum Gasteiger partial charge on any atom is -0.491 e. The van der Waals surface area contributed by atoms with Gasteiger partial charge in [-0.25, -0.2) is 8.78 Å². The molecule has 5 rings (SSSR count). The average Bonchev–Trinajstić information content (AvgIpc) is 3.71. The number of aliphatic hydroxyl groups is 1. The lowest BCUT2D eigenvalue weighted by molar-refractivity contribution is -0.0786. The number of morpholine rings is 2. The van der Waals surface area contributed by atoms with E-state index < -0.39 is 6.10 Å². The fraction of sp³-hybridized carbons (Fsp3) is 0.600. The van der Waals surface area contributed by atoms with Crippen LogP contribution in [0.15, 0.2) is 48.5 Å². The molecular weight excluding hydrogens is 522 g/mol. The first-order valence-electron chi connectivity index (χ1n) is 14.0. The molecule has 2 aromatic carbocycles. The maximum absolute atomic E-state index is 13.0. The van der Waals surface area contributed by atoms with Crippen LogP contribution in [0.5, 0.6) is 11.5 Å². The molecule has 6 atom stereocenters. The summed E-state index contributed by atoms with van der Waals surface area (Å²) in [4.78, 5) is 2.17. The van der Waals surface area contributed by atoms with Crippen LogP contribution in [0.4, 0.5) is 8.78 Å². The summed E-state index contributed by atoms with van der Waals surface area (Å²) in [5, 5.41) is 13.3. The molecule has 3 fully saturated rings. The number of epoxide rings is 1. The number of hydrogen-bond acceptors (Lipinski definition) is 8. The molecule has 3 saturated heterocycles. The third-order valence-corrected chi connectivity index (χ3v) is 6.17. The van der Waals surface area contributed by atoms with Gasteiger partial charge in [0, 0.05) is 44.9 Å². The second-order valence-corrected chi connectivity index (χ2v) is 10.5. The molecule has 0 radical (unpaired) electrons. The van der Waals surface area contributed by atoms with Crippen molar-refractivity contribution in [2.45, 2.75) is 64.3 Å². The van der Waals surface area contributed by atoms with E-state index >= 15 is 0 Å². The van der Waals surface area contributed by atoms with Gasteiger partial charge < -0.3 is 34.1 Å². The van der Waals surface area contributed by atoms with Crippen LogP contribution < -0.4 is 14.8 Å². The van der Waals surface area contributed by atoms with Crippen LogP contribution in [-0.2, 0) is 14.2 Å². The summed E-state index contributed by atoms with van der Waals surface area (Å²) in [6.45, 7) is 13.8. The van der Waals surface area contributed by atoms with E-state index in [2.05, 4.69) is 24.1 Å². The van der Waals surface area contributed by atoms with Gasteiger partial charge in [-0.15, -0.1) is 0 Å². The Balaban J connectivity index is 0.000000185. The van der Waals surface area contributed by atoms with Gasteiger partial charge in [0.2, 0.25) is 0 Å². The van der Waals surface area contributed by atoms with Gasteiger partial charge in [0.05, 0.1) is 31.0 Å². The standard InChI is InChI=1S/C15H22FNO3.C9H9FO2.C6H13NO/c1-11-7-17(8-12(2)20-11)9-14(18)10-19-15-5-3-4-13(16)6-15;10-7-2-1-3-8(4-7)11-5-9-6-12-9;1-5-3-7-4-6(2)8-5/h3-6,11-12,14,18H,7-10H2,1-2H3;1-4,9H,5-6H2;5-7H,3-4H2,1-2H3. The molecule has 0 amide bonds. The van der Waals surface area contributed by atoms with E-state index in [-0.39, 0.29) is 36.6 Å². The van der Waals surface area contributed by atoms with Crippen molar-refractivity contribution in [2.24, 2.45) is 0 Å². The molecule has 0 aromatic heterocycles. The van der Waals surface area contributed by atoms with E-state index in [1.54, 1.807) is 24.3 Å². The maximum atomic E-state index is 13.0. The Morgan fingerprint density at radius 2 is 1.40 bits per heavy atom. The van der Waals surface area contributed by atoms with Crippen molar-refractivity contribution < 1.29 is 37.6 Å². The summed E-state index contributed by atoms with van der Waals surface area (Å²) in [5.74, 6) is 0.385. The van der Waals surface area contributed by atoms with E-state index in [1.807, 2.05) is 13.8 Å². The zero-order chi connectivity index (χ0) is 28.9. The minimum absolute atomic E-state index is 0.156. The topological polar surface area (TPSA) is 85.0 Å². The van der Waals surface area contributed by atoms with Gasteiger partial charge in [-0.1, -0.05) is 12.1 Å². The Kier molecular flexibility index (Phi) is 13.5. The molecule has 0 aliphatic carbocycles. The highest BCUT2D eigenvalue weighted by atomic mass is 19.1. The van der Waals surface area contributed by atoms with Gasteiger partial charge in [0.25, 0.3) is 0 Å². The number of aliphatic hydroxyl groups excluding tert-OH is 1. The number of benzene rings is 2. The van der Waals surface area contributed by atoms with Gasteiger partial charge >= 0.3 is 0 Å². The van der Waals surface area contributed by atoms with Crippen LogP contribution in [0, 0.1) is 11.6 Å². The summed E-state index contributed by atoms with van der Waals surface area (Å²) in [7, 11) is 0. The number of ether oxygens (including phenoxy) is 5. The van der Waals surface area contributed by atoms with Gasteiger partial charge in [0.15, 0.2) is 0 Å². The first-order chi connectivity index (χ1) is 19.2. The van der Waals surface area contributed by atoms with Crippen LogP contribution in [0.25, 0.3) is 0 Å². The van der Waals surface area contributed by atoms with Crippen molar-refractivity contribution in [3.05, 3.63) is 60.2 Å². The number of hydrogen-bond donors (Lipinski definition) is 2. The molecule has 40 heavy (non-hydrogen) atoms. The fourth-order valence-corrected chi connectivity index (χ4v) is 4.43. The molecule has 10 heteroatoms. The molecule has 6 unspecified atom stereocenters. The van der Waals surface area contributed by atoms with Crippen molar-refractivity contribution in [1.82, 2.24) is 10.2 Å². The molecule has 0 saturated carbocycles. The van der Waals surface area contributed by atoms with Gasteiger partial charge in [-0.2, -0.15) is 0 Å². The number of rotatable bonds is 8. The number of nitrogens with zero attached hydrogens (tertiary/aromatic N) is 1. The number of halogens is 2. The van der Waals surface area contributed by atoms with Crippen LogP contribution in [0.3, 0.4) is 0 Å². The molecule has 3 heterocycles. The van der Waals surface area contributed by atoms with Gasteiger partial charge in [-0.3, -0.25) is 4.90 Å². The van der Waals surface area contributed by atoms with E-state index in [4.69, 9.17) is 23.7 Å². The van der Waals surface area contributed by atoms with Crippen molar-refractivity contribution in [1.29, 1.82) is 0 Å². The lowest BCUT2D eigenvalue weighted by Crippen LogP contribution is -2.48. The summed E-state index contributed by atoms with van der Waals surface area (Å²) < 4.78 is 52.2. The lowest BCUT2D eigenvalue weighted by Gasteiger charge is -2.36. The zero-order valence-electron chi connectivity index (χ0n) is 23.9. The van der Waals surface area contributed by atoms with E-state index in [0.29, 0.717) is 36.9 Å². The molecule has 8 nitrogen and oxygen atoms in total. The van der Waals surface area contributed by atoms with E-state index in [1.165, 1.54) is 24.3 Å². The molecule has 3 aliphatic rings. The Morgan fingerprint density at radius 3 is 1.88 bits per heavy atom. The molecule has 0 bridgehead atoms. The predicted molar refractivity (Wildman–Crippen MR) is 149 cm³/mol. The van der Waals surface area contributed by atoms with Gasteiger partial charge in [-0.05, 0) is 52.0 Å². The summed E-state index contributed by atoms with van der Waals surface area (Å²) in [5.41, 5.74) is 0. The SMILES string of the molecule is CC1CN(CC(O)COc2cccc(F)c2)CC(C)O1.CC1CNCC(C)O1.Fc1cccc(OCC2CO2)c1. The van der Waals surface area contributed by atoms with Crippen molar-refractivity contribution in [3.63, 3.8) is 0 Å². The Hall–Kier alpha value is -2.34. The smallest absolute Gasteiger partial charge is 0.126 e. The quantitative estimate of drug-likeness (QED) is 0.469. The highest BCUT2D eigenvalue weighted by molar-refractivity contribution is 5.23. The van der Waals surface area contributed by atoms with E-state index in [0.717, 1.165) is 32.8 Å². The molecule has 0 spiro atoms. The highest BCUT2D eigenvalue weighted by Gasteiger charge is 2.24. The first kappa shape index (κ1) is 32.2. The third-order valence-electron chi connectivity index (χ3n) is 6.17. The van der Waals surface area contributed by atoms with Crippen molar-refractivity contribution >= 4 is 0 Å². The Labute approximate surface area is 236 Å². The normalized spacial score (nSPS) is 26.8. The third kappa shape index (κ3) is 13.3. The molecule has 224 valence electrons. The molecule has 2 aromatic rings. The van der Waals surface area contributed by atoms with Crippen LogP contribution in [-0.4, -0.2) is 99.2 Å². The molecule has 3 aliphatic heterocycles. The monoisotopic (exact) mass is 566 g/mol. The lowest BCUT2D eigenvalue weighted by atomic mass is 10.2. The minimum atomic E-state index is -0.601. The van der Waals surface area contributed by atoms with E-state index in [9.17, 15) is 13.9 Å². The zero-order valence-corrected chi connectivity index (χ0v) is 23.9. The van der Waals surface area contributed by atoms with Gasteiger partial charge in [0.1, 0.15) is 48.6 Å². The first-order valence-corrected chi connectivity index (χ1v) is 14.0. The summed E-state index contributed by atoms with van der Waals surface area (Å²) in [6.07, 6.45) is 0.770. The fourth-order valence-electron chi connectivity index (χ4n) is 4.43. The summed E-state index contributed by atoms with van der Waals surface area (Å²) in [6, 6.07) is 12.0. The second kappa shape index (κ2) is 16.8. The number of β-amino-alcohol motifs (C(OH)–C–C–N with tert-alkyl or cyclic N) is 1. The Bertz CT molecular complexity index is 980. The maximum Gasteiger partial charge on any atom is 0.126 e. The predicted octanol–water partition coefficient (Wildman–Crippen LogP) is 3.66. The molecular formula is C30H44F2N2O6. The largest absolute Gasteiger partial charge is 0.491 e. The van der Waals surface area contributed by atoms with Crippen molar-refractivity contribution in [2.75, 3.05) is 52.5 Å². The Morgan fingerprint density at radius 1 is 0.875 bits per heavy atom. The van der Waals surface area contributed by atoms with Crippen LogP contribution in [0.2, 0.25) is 0 Å². The van der Waals surface area contributed by atoms with Crippen molar-refractivity contribution in [3.8, 4) is 11.5 Å². The highest BCUT2D eigenvalue weighted by Crippen LogP contribution is 2.16. The summed E-state index contributed by atoms with van der Waals surface area (Å²) >= 11 is 0. The average molecular weight is 567 g/mol. The second-order valence-electron chi connectivity index (χ2n) is 10.5.